The van der Waals surface area contributed by atoms with Gasteiger partial charge in [-0.3, -0.25) is 9.48 Å². The molecule has 10 heteroatoms. The van der Waals surface area contributed by atoms with E-state index in [1.807, 2.05) is 24.7 Å². The van der Waals surface area contributed by atoms with Crippen molar-refractivity contribution in [1.82, 2.24) is 25.6 Å². The van der Waals surface area contributed by atoms with Gasteiger partial charge in [0.15, 0.2) is 0 Å². The lowest BCUT2D eigenvalue weighted by atomic mass is 10.2. The summed E-state index contributed by atoms with van der Waals surface area (Å²) in [6.45, 7) is 9.40. The van der Waals surface area contributed by atoms with Gasteiger partial charge in [0.05, 0.1) is 45.8 Å². The number of hydrogen-bond donors (Lipinski definition) is 3. The molecule has 29 heavy (non-hydrogen) atoms. The van der Waals surface area contributed by atoms with Crippen LogP contribution in [0, 0.1) is 0 Å². The Morgan fingerprint density at radius 2 is 1.86 bits per heavy atom. The second kappa shape index (κ2) is 17.6. The molecule has 0 bridgehead atoms. The molecular formula is C19H37N5O4S. The minimum absolute atomic E-state index is 0.125. The van der Waals surface area contributed by atoms with Crippen molar-refractivity contribution in [2.75, 3.05) is 46.1 Å². The summed E-state index contributed by atoms with van der Waals surface area (Å²) in [7, 11) is 0. The van der Waals surface area contributed by atoms with Gasteiger partial charge in [0.25, 0.3) is 0 Å². The first-order chi connectivity index (χ1) is 14.1. The highest BCUT2D eigenvalue weighted by atomic mass is 32.1. The van der Waals surface area contributed by atoms with Crippen LogP contribution in [0.1, 0.15) is 45.2 Å². The number of thiol groups is 1. The SMILES string of the molecule is CCNC(=O)CCCCCn1cc(COCCOCCOCCNC(C)S)nn1. The predicted octanol–water partition coefficient (Wildman–Crippen LogP) is 1.39. The Morgan fingerprint density at radius 1 is 1.14 bits per heavy atom. The number of hydrogen-bond acceptors (Lipinski definition) is 8. The summed E-state index contributed by atoms with van der Waals surface area (Å²) < 4.78 is 18.3. The number of ether oxygens (including phenoxy) is 3. The normalized spacial score (nSPS) is 12.2. The maximum absolute atomic E-state index is 11.4. The molecule has 2 N–H and O–H groups in total. The molecule has 1 heterocycles. The lowest BCUT2D eigenvalue weighted by Crippen LogP contribution is -2.25. The number of rotatable bonds is 19. The van der Waals surface area contributed by atoms with E-state index in [0.29, 0.717) is 52.6 Å². The summed E-state index contributed by atoms with van der Waals surface area (Å²) in [4.78, 5) is 11.4. The quantitative estimate of drug-likeness (QED) is 0.173. The average Bonchev–Trinajstić information content (AvgIpc) is 3.13. The summed E-state index contributed by atoms with van der Waals surface area (Å²) >= 11 is 4.22. The molecule has 0 spiro atoms. The monoisotopic (exact) mass is 431 g/mol. The molecule has 1 aromatic rings. The highest BCUT2D eigenvalue weighted by Crippen LogP contribution is 2.03. The molecule has 1 amide bonds. The van der Waals surface area contributed by atoms with Gasteiger partial charge in [-0.2, -0.15) is 12.6 Å². The average molecular weight is 432 g/mol. The van der Waals surface area contributed by atoms with Gasteiger partial charge in [0, 0.05) is 31.4 Å². The third-order valence-corrected chi connectivity index (χ3v) is 4.11. The van der Waals surface area contributed by atoms with E-state index >= 15 is 0 Å². The maximum atomic E-state index is 11.4. The Hall–Kier alpha value is -1.20. The van der Waals surface area contributed by atoms with E-state index in [4.69, 9.17) is 14.2 Å². The number of aromatic nitrogens is 3. The first-order valence-corrected chi connectivity index (χ1v) is 10.9. The standard InChI is InChI=1S/C19H37N5O4S/c1-3-20-19(25)7-5-4-6-9-24-15-18(22-23-24)16-28-14-13-27-12-11-26-10-8-21-17(2)29/h15,17,21,29H,3-14,16H2,1-2H3,(H,20,25). The molecule has 9 nitrogen and oxygen atoms in total. The Morgan fingerprint density at radius 3 is 2.59 bits per heavy atom. The van der Waals surface area contributed by atoms with Crippen LogP contribution in [0.3, 0.4) is 0 Å². The number of aryl methyl sites for hydroxylation is 1. The third-order valence-electron chi connectivity index (χ3n) is 3.93. The molecule has 0 aliphatic rings. The van der Waals surface area contributed by atoms with E-state index in [1.54, 1.807) is 0 Å². The summed E-state index contributed by atoms with van der Waals surface area (Å²) in [5.74, 6) is 0.125. The van der Waals surface area contributed by atoms with Crippen LogP contribution in [0.15, 0.2) is 6.20 Å². The maximum Gasteiger partial charge on any atom is 0.219 e. The lowest BCUT2D eigenvalue weighted by molar-refractivity contribution is -0.121. The molecule has 0 saturated carbocycles. The predicted molar refractivity (Wildman–Crippen MR) is 115 cm³/mol. The first kappa shape index (κ1) is 25.8. The summed E-state index contributed by atoms with van der Waals surface area (Å²) in [5.41, 5.74) is 0.807. The van der Waals surface area contributed by atoms with E-state index in [0.717, 1.165) is 38.0 Å². The van der Waals surface area contributed by atoms with Crippen LogP contribution in [-0.4, -0.2) is 72.4 Å². The minimum atomic E-state index is 0.125. The van der Waals surface area contributed by atoms with E-state index in [-0.39, 0.29) is 11.3 Å². The highest BCUT2D eigenvalue weighted by molar-refractivity contribution is 7.80. The fourth-order valence-corrected chi connectivity index (χ4v) is 2.62. The molecule has 0 fully saturated rings. The van der Waals surface area contributed by atoms with E-state index in [2.05, 4.69) is 33.6 Å². The molecule has 1 aromatic heterocycles. The van der Waals surface area contributed by atoms with Crippen molar-refractivity contribution >= 4 is 18.5 Å². The number of nitrogens with one attached hydrogen (secondary N) is 2. The second-order valence-electron chi connectivity index (χ2n) is 6.64. The van der Waals surface area contributed by atoms with Crippen LogP contribution in [0.4, 0.5) is 0 Å². The van der Waals surface area contributed by atoms with Crippen molar-refractivity contribution in [2.45, 2.75) is 58.1 Å². The molecule has 0 aromatic carbocycles. The van der Waals surface area contributed by atoms with Crippen LogP contribution < -0.4 is 10.6 Å². The van der Waals surface area contributed by atoms with Crippen molar-refractivity contribution in [3.63, 3.8) is 0 Å². The molecule has 1 atom stereocenters. The Balaban J connectivity index is 1.92. The van der Waals surface area contributed by atoms with E-state index in [1.165, 1.54) is 0 Å². The second-order valence-corrected chi connectivity index (χ2v) is 7.42. The number of nitrogens with zero attached hydrogens (tertiary/aromatic N) is 3. The van der Waals surface area contributed by atoms with Gasteiger partial charge in [0.2, 0.25) is 5.91 Å². The van der Waals surface area contributed by atoms with Gasteiger partial charge in [-0.25, -0.2) is 0 Å². The number of carbonyl (C=O) groups excluding carboxylic acids is 1. The fourth-order valence-electron chi connectivity index (χ4n) is 2.49. The van der Waals surface area contributed by atoms with Gasteiger partial charge in [-0.1, -0.05) is 11.6 Å². The molecule has 0 aliphatic heterocycles. The van der Waals surface area contributed by atoms with Crippen molar-refractivity contribution in [3.8, 4) is 0 Å². The van der Waals surface area contributed by atoms with Crippen LogP contribution in [-0.2, 0) is 32.2 Å². The summed E-state index contributed by atoms with van der Waals surface area (Å²) in [5, 5.41) is 14.4. The van der Waals surface area contributed by atoms with Crippen molar-refractivity contribution in [1.29, 1.82) is 0 Å². The third kappa shape index (κ3) is 15.3. The zero-order valence-corrected chi connectivity index (χ0v) is 18.7. The van der Waals surface area contributed by atoms with Crippen LogP contribution in [0.2, 0.25) is 0 Å². The largest absolute Gasteiger partial charge is 0.378 e. The Labute approximate surface area is 179 Å². The topological polar surface area (TPSA) is 99.5 Å². The fraction of sp³-hybridized carbons (Fsp3) is 0.842. The molecule has 0 aliphatic carbocycles. The molecule has 0 radical (unpaired) electrons. The number of unbranched alkanes of at least 4 members (excludes halogenated alkanes) is 2. The zero-order chi connectivity index (χ0) is 21.2. The summed E-state index contributed by atoms with van der Waals surface area (Å²) in [6.07, 6.45) is 5.36. The number of carbonyl (C=O) groups is 1. The first-order valence-electron chi connectivity index (χ1n) is 10.4. The van der Waals surface area contributed by atoms with Gasteiger partial charge in [-0.15, -0.1) is 5.10 Å². The lowest BCUT2D eigenvalue weighted by Gasteiger charge is -2.08. The number of amides is 1. The minimum Gasteiger partial charge on any atom is -0.378 e. The molecule has 0 saturated heterocycles. The Bertz CT molecular complexity index is 530. The van der Waals surface area contributed by atoms with Gasteiger partial charge in [0.1, 0.15) is 5.69 Å². The summed E-state index contributed by atoms with van der Waals surface area (Å²) in [6, 6.07) is 0. The van der Waals surface area contributed by atoms with Crippen molar-refractivity contribution in [3.05, 3.63) is 11.9 Å². The van der Waals surface area contributed by atoms with Gasteiger partial charge >= 0.3 is 0 Å². The van der Waals surface area contributed by atoms with Crippen LogP contribution >= 0.6 is 12.6 Å². The highest BCUT2D eigenvalue weighted by Gasteiger charge is 2.02. The van der Waals surface area contributed by atoms with Crippen LogP contribution in [0.5, 0.6) is 0 Å². The molecular weight excluding hydrogens is 394 g/mol. The molecule has 1 unspecified atom stereocenters. The molecule has 168 valence electrons. The van der Waals surface area contributed by atoms with E-state index < -0.39 is 0 Å². The Kier molecular flexibility index (Phi) is 15.7. The van der Waals surface area contributed by atoms with Crippen LogP contribution in [0.25, 0.3) is 0 Å². The van der Waals surface area contributed by atoms with E-state index in [9.17, 15) is 4.79 Å². The zero-order valence-electron chi connectivity index (χ0n) is 17.8. The van der Waals surface area contributed by atoms with Gasteiger partial charge < -0.3 is 24.8 Å². The van der Waals surface area contributed by atoms with Crippen molar-refractivity contribution in [2.24, 2.45) is 0 Å². The smallest absolute Gasteiger partial charge is 0.219 e. The van der Waals surface area contributed by atoms with Crippen molar-refractivity contribution < 1.29 is 19.0 Å². The molecule has 1 rings (SSSR count). The van der Waals surface area contributed by atoms with Gasteiger partial charge in [-0.05, 0) is 26.7 Å².